The molecule has 18 heavy (non-hydrogen) atoms. The van der Waals surface area contributed by atoms with Gasteiger partial charge in [-0.3, -0.25) is 0 Å². The molecule has 1 heterocycles. The number of benzene rings is 1. The van der Waals surface area contributed by atoms with Crippen LogP contribution in [0.25, 0.3) is 0 Å². The second kappa shape index (κ2) is 5.59. The molecule has 0 saturated carbocycles. The molecule has 5 heteroatoms. The molecule has 2 atom stereocenters. The molecule has 0 aromatic heterocycles. The Morgan fingerprint density at radius 1 is 1.44 bits per heavy atom. The Balaban J connectivity index is 2.02. The van der Waals surface area contributed by atoms with Crippen LogP contribution in [0.4, 0.5) is 4.79 Å². The number of nitrogens with two attached hydrogens (primary N) is 2. The van der Waals surface area contributed by atoms with Gasteiger partial charge in [0.1, 0.15) is 0 Å². The van der Waals surface area contributed by atoms with Crippen LogP contribution in [-0.2, 0) is 6.42 Å². The molecule has 0 spiro atoms. The lowest BCUT2D eigenvalue weighted by Gasteiger charge is -2.35. The number of likely N-dealkylation sites (tertiary alicyclic amines) is 1. The van der Waals surface area contributed by atoms with Crippen LogP contribution < -0.4 is 11.5 Å². The van der Waals surface area contributed by atoms with E-state index in [0.29, 0.717) is 19.0 Å². The second-order valence-electron chi connectivity index (χ2n) is 4.94. The first-order valence-electron chi connectivity index (χ1n) is 6.09. The molecule has 2 unspecified atom stereocenters. The first kappa shape index (κ1) is 13.2. The molecule has 1 aromatic carbocycles. The van der Waals surface area contributed by atoms with Crippen LogP contribution in [0, 0.1) is 5.92 Å². The van der Waals surface area contributed by atoms with E-state index in [0.717, 1.165) is 17.9 Å². The third-order valence-electron chi connectivity index (χ3n) is 3.29. The predicted octanol–water partition coefficient (Wildman–Crippen LogP) is 1.61. The Morgan fingerprint density at radius 3 is 2.89 bits per heavy atom. The summed E-state index contributed by atoms with van der Waals surface area (Å²) < 4.78 is 0. The smallest absolute Gasteiger partial charge is 0.314 e. The Hall–Kier alpha value is -1.26. The van der Waals surface area contributed by atoms with Crippen LogP contribution in [0.2, 0.25) is 5.02 Å². The molecule has 1 fully saturated rings. The normalized spacial score (nSPS) is 24.0. The summed E-state index contributed by atoms with van der Waals surface area (Å²) >= 11 is 5.96. The second-order valence-corrected chi connectivity index (χ2v) is 5.38. The zero-order chi connectivity index (χ0) is 13.1. The van der Waals surface area contributed by atoms with Crippen molar-refractivity contribution in [2.45, 2.75) is 18.9 Å². The molecule has 1 aliphatic rings. The summed E-state index contributed by atoms with van der Waals surface area (Å²) in [6.07, 6.45) is 1.79. The lowest BCUT2D eigenvalue weighted by molar-refractivity contribution is 0.163. The van der Waals surface area contributed by atoms with Gasteiger partial charge in [0.05, 0.1) is 0 Å². The number of piperidine rings is 1. The number of urea groups is 1. The molecule has 4 N–H and O–H groups in total. The molecule has 4 nitrogen and oxygen atoms in total. The Bertz CT molecular complexity index is 438. The van der Waals surface area contributed by atoms with Crippen LogP contribution in [0.15, 0.2) is 24.3 Å². The third-order valence-corrected chi connectivity index (χ3v) is 3.53. The van der Waals surface area contributed by atoms with Crippen molar-refractivity contribution in [3.8, 4) is 0 Å². The summed E-state index contributed by atoms with van der Waals surface area (Å²) in [4.78, 5) is 12.9. The van der Waals surface area contributed by atoms with E-state index in [4.69, 9.17) is 23.1 Å². The minimum Gasteiger partial charge on any atom is -0.351 e. The Morgan fingerprint density at radius 2 is 2.22 bits per heavy atom. The summed E-state index contributed by atoms with van der Waals surface area (Å²) in [6.45, 7) is 1.23. The fraction of sp³-hybridized carbons (Fsp3) is 0.462. The van der Waals surface area contributed by atoms with Gasteiger partial charge in [-0.15, -0.1) is 0 Å². The number of carbonyl (C=O) groups excluding carboxylic acids is 1. The number of rotatable bonds is 2. The van der Waals surface area contributed by atoms with Gasteiger partial charge >= 0.3 is 6.03 Å². The number of nitrogens with zero attached hydrogens (tertiary/aromatic N) is 1. The van der Waals surface area contributed by atoms with Gasteiger partial charge in [0.15, 0.2) is 0 Å². The number of primary amides is 1. The van der Waals surface area contributed by atoms with Crippen LogP contribution in [0.1, 0.15) is 12.0 Å². The summed E-state index contributed by atoms with van der Waals surface area (Å²) in [6, 6.07) is 7.41. The molecule has 0 bridgehead atoms. The summed E-state index contributed by atoms with van der Waals surface area (Å²) in [7, 11) is 0. The maximum atomic E-state index is 11.2. The van der Waals surface area contributed by atoms with Crippen molar-refractivity contribution in [1.29, 1.82) is 0 Å². The number of halogens is 1. The molecule has 0 aliphatic carbocycles. The van der Waals surface area contributed by atoms with Crippen molar-refractivity contribution in [1.82, 2.24) is 4.90 Å². The first-order chi connectivity index (χ1) is 8.54. The molecule has 2 amide bonds. The van der Waals surface area contributed by atoms with Crippen molar-refractivity contribution in [3.63, 3.8) is 0 Å². The highest BCUT2D eigenvalue weighted by molar-refractivity contribution is 6.30. The maximum Gasteiger partial charge on any atom is 0.314 e. The van der Waals surface area contributed by atoms with Gasteiger partial charge in [-0.25, -0.2) is 4.79 Å². The van der Waals surface area contributed by atoms with Gasteiger partial charge < -0.3 is 16.4 Å². The van der Waals surface area contributed by atoms with E-state index in [1.807, 2.05) is 24.3 Å². The Kier molecular flexibility index (Phi) is 4.09. The highest BCUT2D eigenvalue weighted by Crippen LogP contribution is 2.21. The van der Waals surface area contributed by atoms with E-state index in [1.165, 1.54) is 5.56 Å². The fourth-order valence-corrected chi connectivity index (χ4v) is 2.78. The monoisotopic (exact) mass is 267 g/mol. The molecule has 98 valence electrons. The van der Waals surface area contributed by atoms with Crippen molar-refractivity contribution in [3.05, 3.63) is 34.9 Å². The van der Waals surface area contributed by atoms with Gasteiger partial charge in [0.25, 0.3) is 0 Å². The van der Waals surface area contributed by atoms with Crippen LogP contribution in [0.3, 0.4) is 0 Å². The molecule has 2 rings (SSSR count). The van der Waals surface area contributed by atoms with Crippen molar-refractivity contribution < 1.29 is 4.79 Å². The van der Waals surface area contributed by atoms with Gasteiger partial charge in [-0.2, -0.15) is 0 Å². The topological polar surface area (TPSA) is 72.4 Å². The molecule has 1 aromatic rings. The van der Waals surface area contributed by atoms with Gasteiger partial charge in [0, 0.05) is 24.2 Å². The molecular formula is C13H18ClN3O. The summed E-state index contributed by atoms with van der Waals surface area (Å²) in [5.74, 6) is 0.347. The quantitative estimate of drug-likeness (QED) is 0.854. The molecule has 0 radical (unpaired) electrons. The first-order valence-corrected chi connectivity index (χ1v) is 6.47. The van der Waals surface area contributed by atoms with E-state index >= 15 is 0 Å². The predicted molar refractivity (Wildman–Crippen MR) is 72.4 cm³/mol. The van der Waals surface area contributed by atoms with Gasteiger partial charge in [-0.05, 0) is 36.5 Å². The van der Waals surface area contributed by atoms with Crippen molar-refractivity contribution in [2.24, 2.45) is 17.4 Å². The highest BCUT2D eigenvalue weighted by Gasteiger charge is 2.27. The van der Waals surface area contributed by atoms with Crippen LogP contribution in [-0.4, -0.2) is 30.1 Å². The van der Waals surface area contributed by atoms with E-state index < -0.39 is 0 Å². The third kappa shape index (κ3) is 3.37. The van der Waals surface area contributed by atoms with Gasteiger partial charge in [-0.1, -0.05) is 23.7 Å². The maximum absolute atomic E-state index is 11.2. The number of hydrogen-bond acceptors (Lipinski definition) is 2. The largest absolute Gasteiger partial charge is 0.351 e. The zero-order valence-electron chi connectivity index (χ0n) is 10.2. The van der Waals surface area contributed by atoms with Crippen LogP contribution in [0.5, 0.6) is 0 Å². The average Bonchev–Trinajstić information content (AvgIpc) is 2.28. The van der Waals surface area contributed by atoms with Crippen LogP contribution >= 0.6 is 11.6 Å². The van der Waals surface area contributed by atoms with E-state index in [1.54, 1.807) is 4.90 Å². The number of carbonyl (C=O) groups is 1. The lowest BCUT2D eigenvalue weighted by atomic mass is 9.89. The SMILES string of the molecule is NC(=O)N1CC(N)CC(Cc2cccc(Cl)c2)C1. The van der Waals surface area contributed by atoms with Gasteiger partial charge in [0.2, 0.25) is 0 Å². The minimum absolute atomic E-state index is 0.00966. The van der Waals surface area contributed by atoms with E-state index in [2.05, 4.69) is 0 Å². The molecule has 1 saturated heterocycles. The molecular weight excluding hydrogens is 250 g/mol. The van der Waals surface area contributed by atoms with Crippen molar-refractivity contribution >= 4 is 17.6 Å². The number of hydrogen-bond donors (Lipinski definition) is 2. The standard InChI is InChI=1S/C13H18ClN3O/c14-11-3-1-2-9(5-11)4-10-6-12(15)8-17(7-10)13(16)18/h1-3,5,10,12H,4,6-8,15H2,(H2,16,18). The average molecular weight is 268 g/mol. The molecule has 1 aliphatic heterocycles. The highest BCUT2D eigenvalue weighted by atomic mass is 35.5. The summed E-state index contributed by atoms with van der Waals surface area (Å²) in [5, 5.41) is 0.736. The minimum atomic E-state index is -0.388. The zero-order valence-corrected chi connectivity index (χ0v) is 10.9. The summed E-state index contributed by atoms with van der Waals surface area (Å²) in [5.41, 5.74) is 12.5. The fourth-order valence-electron chi connectivity index (χ4n) is 2.57. The number of amides is 2. The van der Waals surface area contributed by atoms with E-state index in [9.17, 15) is 4.79 Å². The Labute approximate surface area is 112 Å². The lowest BCUT2D eigenvalue weighted by Crippen LogP contribution is -2.51. The van der Waals surface area contributed by atoms with Crippen molar-refractivity contribution in [2.75, 3.05) is 13.1 Å². The van der Waals surface area contributed by atoms with E-state index in [-0.39, 0.29) is 12.1 Å².